The van der Waals surface area contributed by atoms with Crippen molar-refractivity contribution in [2.24, 2.45) is 5.92 Å². The third-order valence-corrected chi connectivity index (χ3v) is 5.14. The first-order chi connectivity index (χ1) is 14.5. The number of carboxylic acid groups (broad SMARTS) is 1. The predicted molar refractivity (Wildman–Crippen MR) is 110 cm³/mol. The molecule has 1 aliphatic rings. The number of rotatable bonds is 11. The highest BCUT2D eigenvalue weighted by molar-refractivity contribution is 5.85. The Kier molecular flexibility index (Phi) is 9.83. The van der Waals surface area contributed by atoms with Crippen molar-refractivity contribution in [3.05, 3.63) is 35.9 Å². The van der Waals surface area contributed by atoms with Gasteiger partial charge in [0.2, 0.25) is 5.91 Å². The van der Waals surface area contributed by atoms with E-state index in [2.05, 4.69) is 10.6 Å². The molecule has 164 valence electrons. The predicted octanol–water partition coefficient (Wildman–Crippen LogP) is 2.80. The molecule has 0 unspecified atom stereocenters. The summed E-state index contributed by atoms with van der Waals surface area (Å²) < 4.78 is 5.11. The van der Waals surface area contributed by atoms with E-state index in [9.17, 15) is 24.3 Å². The lowest BCUT2D eigenvalue weighted by molar-refractivity contribution is -0.144. The summed E-state index contributed by atoms with van der Waals surface area (Å²) >= 11 is 0. The molecule has 0 aliphatic heterocycles. The molecule has 1 saturated carbocycles. The average molecular weight is 418 g/mol. The number of nitrogens with one attached hydrogen (secondary N) is 2. The number of Topliss-reactive ketones (excluding diaryl/α,β-unsaturated/α-hetero) is 1. The Morgan fingerprint density at radius 3 is 2.60 bits per heavy atom. The number of unbranched alkanes of at least 4 members (excludes halogenated alkanes) is 2. The number of ketones is 1. The summed E-state index contributed by atoms with van der Waals surface area (Å²) in [6.07, 6.45) is 3.72. The second-order valence-electron chi connectivity index (χ2n) is 7.58. The van der Waals surface area contributed by atoms with Crippen LogP contribution in [0.15, 0.2) is 30.3 Å². The smallest absolute Gasteiger partial charge is 0.407 e. The SMILES string of the molecule is O=C1CCC[C@@H]([C@@H](NC(=O)CCCCCNC(=O)OCc2ccccc2)C(=O)O)C1. The van der Waals surface area contributed by atoms with Crippen LogP contribution in [0.25, 0.3) is 0 Å². The zero-order chi connectivity index (χ0) is 21.8. The van der Waals surface area contributed by atoms with Gasteiger partial charge in [0.25, 0.3) is 0 Å². The molecule has 3 N–H and O–H groups in total. The fourth-order valence-corrected chi connectivity index (χ4v) is 3.52. The summed E-state index contributed by atoms with van der Waals surface area (Å²) in [6, 6.07) is 8.38. The van der Waals surface area contributed by atoms with Crippen molar-refractivity contribution in [2.45, 2.75) is 64.0 Å². The maximum absolute atomic E-state index is 12.1. The highest BCUT2D eigenvalue weighted by Crippen LogP contribution is 2.24. The molecule has 8 heteroatoms. The van der Waals surface area contributed by atoms with Gasteiger partial charge in [0.15, 0.2) is 0 Å². The lowest BCUT2D eigenvalue weighted by atomic mass is 9.83. The molecular formula is C22H30N2O6. The summed E-state index contributed by atoms with van der Waals surface area (Å²) in [5, 5.41) is 14.6. The van der Waals surface area contributed by atoms with Gasteiger partial charge >= 0.3 is 12.1 Å². The third-order valence-electron chi connectivity index (χ3n) is 5.14. The van der Waals surface area contributed by atoms with Crippen molar-refractivity contribution in [2.75, 3.05) is 6.54 Å². The van der Waals surface area contributed by atoms with Crippen LogP contribution in [0.4, 0.5) is 4.79 Å². The van der Waals surface area contributed by atoms with Crippen LogP contribution in [-0.2, 0) is 25.7 Å². The van der Waals surface area contributed by atoms with Crippen molar-refractivity contribution in [1.29, 1.82) is 0 Å². The first kappa shape index (κ1) is 23.4. The Bertz CT molecular complexity index is 722. The lowest BCUT2D eigenvalue weighted by Gasteiger charge is -2.27. The Labute approximate surface area is 176 Å². The average Bonchev–Trinajstić information content (AvgIpc) is 2.73. The molecule has 8 nitrogen and oxygen atoms in total. The van der Waals surface area contributed by atoms with Crippen molar-refractivity contribution in [1.82, 2.24) is 10.6 Å². The number of carbonyl (C=O) groups excluding carboxylic acids is 3. The largest absolute Gasteiger partial charge is 0.480 e. The normalized spacial score (nSPS) is 17.1. The monoisotopic (exact) mass is 418 g/mol. The van der Waals surface area contributed by atoms with Crippen molar-refractivity contribution in [3.63, 3.8) is 0 Å². The molecule has 0 radical (unpaired) electrons. The summed E-state index contributed by atoms with van der Waals surface area (Å²) in [6.45, 7) is 0.654. The minimum absolute atomic E-state index is 0.0570. The van der Waals surface area contributed by atoms with Gasteiger partial charge in [0.05, 0.1) is 0 Å². The molecule has 0 aromatic heterocycles. The summed E-state index contributed by atoms with van der Waals surface area (Å²) in [5.41, 5.74) is 0.913. The molecule has 0 saturated heterocycles. The maximum Gasteiger partial charge on any atom is 0.407 e. The molecule has 2 rings (SSSR count). The quantitative estimate of drug-likeness (QED) is 0.475. The van der Waals surface area contributed by atoms with E-state index in [1.54, 1.807) is 0 Å². The van der Waals surface area contributed by atoms with Crippen molar-refractivity contribution < 1.29 is 29.0 Å². The van der Waals surface area contributed by atoms with Crippen LogP contribution in [-0.4, -0.2) is 41.4 Å². The molecule has 0 heterocycles. The minimum atomic E-state index is -1.10. The molecule has 1 aliphatic carbocycles. The van der Waals surface area contributed by atoms with Crippen LogP contribution in [0, 0.1) is 5.92 Å². The van der Waals surface area contributed by atoms with E-state index in [0.29, 0.717) is 45.1 Å². The molecule has 1 fully saturated rings. The summed E-state index contributed by atoms with van der Waals surface area (Å²) in [5.74, 6) is -1.70. The van der Waals surface area contributed by atoms with Gasteiger partial charge in [-0.15, -0.1) is 0 Å². The number of carboxylic acids is 1. The second-order valence-corrected chi connectivity index (χ2v) is 7.58. The first-order valence-corrected chi connectivity index (χ1v) is 10.4. The van der Waals surface area contributed by atoms with Crippen LogP contribution in [0.3, 0.4) is 0 Å². The van der Waals surface area contributed by atoms with E-state index >= 15 is 0 Å². The van der Waals surface area contributed by atoms with Crippen molar-refractivity contribution >= 4 is 23.8 Å². The zero-order valence-electron chi connectivity index (χ0n) is 17.1. The molecular weight excluding hydrogens is 388 g/mol. The Hall–Kier alpha value is -2.90. The van der Waals surface area contributed by atoms with Gasteiger partial charge in [0, 0.05) is 25.8 Å². The lowest BCUT2D eigenvalue weighted by Crippen LogP contribution is -2.47. The highest BCUT2D eigenvalue weighted by atomic mass is 16.5. The van der Waals surface area contributed by atoms with Gasteiger partial charge < -0.3 is 20.5 Å². The Balaban J connectivity index is 1.56. The number of carbonyl (C=O) groups is 4. The van der Waals surface area contributed by atoms with Gasteiger partial charge in [-0.1, -0.05) is 36.8 Å². The molecule has 0 bridgehead atoms. The van der Waals surface area contributed by atoms with Crippen LogP contribution in [0.5, 0.6) is 0 Å². The van der Waals surface area contributed by atoms with Gasteiger partial charge in [-0.2, -0.15) is 0 Å². The number of hydrogen-bond donors (Lipinski definition) is 3. The van der Waals surface area contributed by atoms with Gasteiger partial charge in [-0.3, -0.25) is 9.59 Å². The standard InChI is InChI=1S/C22H30N2O6/c25-18-11-7-10-17(14-18)20(21(27)28)24-19(26)12-5-2-6-13-23-22(29)30-15-16-8-3-1-4-9-16/h1,3-4,8-9,17,20H,2,5-7,10-15H2,(H,23,29)(H,24,26)(H,27,28)/t17-,20-/m1/s1. The fourth-order valence-electron chi connectivity index (χ4n) is 3.52. The highest BCUT2D eigenvalue weighted by Gasteiger charge is 2.33. The summed E-state index contributed by atoms with van der Waals surface area (Å²) in [4.78, 5) is 46.8. The van der Waals surface area contributed by atoms with Gasteiger partial charge in [-0.25, -0.2) is 9.59 Å². The third kappa shape index (κ3) is 8.63. The molecule has 1 aromatic carbocycles. The molecule has 1 aromatic rings. The number of benzene rings is 1. The van der Waals surface area contributed by atoms with E-state index in [0.717, 1.165) is 5.56 Å². The van der Waals surface area contributed by atoms with E-state index in [1.807, 2.05) is 30.3 Å². The molecule has 2 atom stereocenters. The van der Waals surface area contributed by atoms with Crippen LogP contribution < -0.4 is 10.6 Å². The maximum atomic E-state index is 12.1. The van der Waals surface area contributed by atoms with E-state index in [-0.39, 0.29) is 37.1 Å². The zero-order valence-corrected chi connectivity index (χ0v) is 17.1. The van der Waals surface area contributed by atoms with E-state index in [4.69, 9.17) is 4.74 Å². The Morgan fingerprint density at radius 1 is 1.13 bits per heavy atom. The van der Waals surface area contributed by atoms with E-state index in [1.165, 1.54) is 0 Å². The number of aliphatic carboxylic acids is 1. The molecule has 0 spiro atoms. The Morgan fingerprint density at radius 2 is 1.90 bits per heavy atom. The number of ether oxygens (including phenoxy) is 1. The molecule has 2 amide bonds. The van der Waals surface area contributed by atoms with Crippen LogP contribution >= 0.6 is 0 Å². The fraction of sp³-hybridized carbons (Fsp3) is 0.545. The van der Waals surface area contributed by atoms with Crippen LogP contribution in [0.1, 0.15) is 56.9 Å². The number of amides is 2. The molecule has 30 heavy (non-hydrogen) atoms. The van der Waals surface area contributed by atoms with Crippen LogP contribution in [0.2, 0.25) is 0 Å². The van der Waals surface area contributed by atoms with E-state index < -0.39 is 18.1 Å². The minimum Gasteiger partial charge on any atom is -0.480 e. The topological polar surface area (TPSA) is 122 Å². The van der Waals surface area contributed by atoms with Gasteiger partial charge in [-0.05, 0) is 37.2 Å². The summed E-state index contributed by atoms with van der Waals surface area (Å²) in [7, 11) is 0. The number of alkyl carbamates (subject to hydrolysis) is 1. The number of hydrogen-bond acceptors (Lipinski definition) is 5. The second kappa shape index (κ2) is 12.6. The van der Waals surface area contributed by atoms with Crippen molar-refractivity contribution in [3.8, 4) is 0 Å². The van der Waals surface area contributed by atoms with Gasteiger partial charge in [0.1, 0.15) is 18.4 Å². The first-order valence-electron chi connectivity index (χ1n) is 10.4.